The van der Waals surface area contributed by atoms with E-state index >= 15 is 0 Å². The number of amides is 3. The number of allylic oxidation sites excluding steroid dienone is 2. The van der Waals surface area contributed by atoms with Gasteiger partial charge >= 0.3 is 0 Å². The van der Waals surface area contributed by atoms with E-state index in [1.807, 2.05) is 13.8 Å². The molecule has 2 aliphatic heterocycles. The van der Waals surface area contributed by atoms with Crippen LogP contribution in [0.5, 0.6) is 5.75 Å². The van der Waals surface area contributed by atoms with Gasteiger partial charge in [-0.15, -0.1) is 0 Å². The molecule has 0 spiro atoms. The Bertz CT molecular complexity index is 1860. The lowest BCUT2D eigenvalue weighted by atomic mass is 9.81. The summed E-state index contributed by atoms with van der Waals surface area (Å²) in [5.41, 5.74) is 2.08. The van der Waals surface area contributed by atoms with E-state index in [1.54, 1.807) is 41.4 Å². The van der Waals surface area contributed by atoms with Gasteiger partial charge in [-0.25, -0.2) is 4.39 Å². The van der Waals surface area contributed by atoms with Crippen molar-refractivity contribution in [1.82, 2.24) is 25.4 Å². The molecule has 0 saturated carbocycles. The Balaban J connectivity index is 1.09. The van der Waals surface area contributed by atoms with E-state index in [4.69, 9.17) is 9.47 Å². The Kier molecular flexibility index (Phi) is 19.2. The number of aromatic nitrogens is 1. The molecule has 2 aromatic carbocycles. The van der Waals surface area contributed by atoms with Crippen LogP contribution in [-0.4, -0.2) is 91.6 Å². The lowest BCUT2D eigenvalue weighted by Crippen LogP contribution is -2.37. The summed E-state index contributed by atoms with van der Waals surface area (Å²) in [4.78, 5) is 47.9. The van der Waals surface area contributed by atoms with E-state index in [0.29, 0.717) is 35.6 Å². The third kappa shape index (κ3) is 14.6. The zero-order valence-electron chi connectivity index (χ0n) is 36.6. The Morgan fingerprint density at radius 1 is 0.850 bits per heavy atom. The zero-order valence-corrected chi connectivity index (χ0v) is 36.6. The van der Waals surface area contributed by atoms with Gasteiger partial charge in [0.25, 0.3) is 11.8 Å². The van der Waals surface area contributed by atoms with Gasteiger partial charge < -0.3 is 30.0 Å². The highest BCUT2D eigenvalue weighted by molar-refractivity contribution is 6.21. The van der Waals surface area contributed by atoms with Crippen molar-refractivity contribution >= 4 is 34.2 Å². The summed E-state index contributed by atoms with van der Waals surface area (Å²) in [6, 6.07) is 11.7. The molecule has 0 unspecified atom stereocenters. The third-order valence-electron chi connectivity index (χ3n) is 11.6. The number of hydrogen-bond donors (Lipinski definition) is 3. The number of benzene rings is 2. The van der Waals surface area contributed by atoms with Crippen molar-refractivity contribution in [1.29, 1.82) is 0 Å². The topological polar surface area (TPSA) is 116 Å². The Hall–Kier alpha value is -4.48. The molecule has 328 valence electrons. The van der Waals surface area contributed by atoms with Gasteiger partial charge in [0.05, 0.1) is 31.1 Å². The molecular formula is C49H70FN5O5. The molecule has 0 bridgehead atoms. The summed E-state index contributed by atoms with van der Waals surface area (Å²) in [5.74, 6) is -0.375. The van der Waals surface area contributed by atoms with Crippen LogP contribution in [0.2, 0.25) is 0 Å². The van der Waals surface area contributed by atoms with E-state index in [0.717, 1.165) is 75.9 Å². The minimum absolute atomic E-state index is 0.0292. The average molecular weight is 828 g/mol. The molecular weight excluding hydrogens is 758 g/mol. The summed E-state index contributed by atoms with van der Waals surface area (Å²) >= 11 is 0. The number of H-pyrrole nitrogens is 1. The number of hydrogen-bond acceptors (Lipinski definition) is 6. The van der Waals surface area contributed by atoms with Gasteiger partial charge in [0, 0.05) is 73.8 Å². The molecule has 1 saturated heterocycles. The fraction of sp³-hybridized carbons (Fsp3) is 0.571. The fourth-order valence-electron chi connectivity index (χ4n) is 8.23. The predicted molar refractivity (Wildman–Crippen MR) is 240 cm³/mol. The van der Waals surface area contributed by atoms with Gasteiger partial charge in [0.15, 0.2) is 0 Å². The van der Waals surface area contributed by atoms with Crippen LogP contribution in [0.4, 0.5) is 4.39 Å². The number of unbranched alkanes of at least 4 members (excludes halogenated alkanes) is 11. The average Bonchev–Trinajstić information content (AvgIpc) is 3.58. The van der Waals surface area contributed by atoms with Gasteiger partial charge in [0.2, 0.25) is 5.91 Å². The number of nitrogens with zero attached hydrogens (tertiary/aromatic N) is 2. The molecule has 0 atom stereocenters. The SMILES string of the molecule is CCCCCCCC/C=C\CCCCCCCC(=O)NCCNC(=O)C1=CN(C(=O)c2ccc(OCCCN3CCOCC3)cc2)CC(C)(C)c2c1[nH]c1cc(F)ccc21. The van der Waals surface area contributed by atoms with E-state index < -0.39 is 11.3 Å². The first-order valence-electron chi connectivity index (χ1n) is 22.7. The second-order valence-corrected chi connectivity index (χ2v) is 17.0. The molecule has 1 aromatic heterocycles. The van der Waals surface area contributed by atoms with Crippen LogP contribution in [0.3, 0.4) is 0 Å². The maximum absolute atomic E-state index is 14.4. The fourth-order valence-corrected chi connectivity index (χ4v) is 8.23. The number of halogens is 1. The van der Waals surface area contributed by atoms with Gasteiger partial charge in [-0.05, 0) is 86.6 Å². The summed E-state index contributed by atoms with van der Waals surface area (Å²) in [6.45, 7) is 12.0. The van der Waals surface area contributed by atoms with Crippen LogP contribution in [0.15, 0.2) is 60.8 Å². The van der Waals surface area contributed by atoms with Crippen molar-refractivity contribution < 1.29 is 28.2 Å². The molecule has 0 aliphatic carbocycles. The van der Waals surface area contributed by atoms with Crippen LogP contribution in [0.25, 0.3) is 16.5 Å². The van der Waals surface area contributed by atoms with Gasteiger partial charge in [-0.2, -0.15) is 0 Å². The second kappa shape index (κ2) is 24.7. The lowest BCUT2D eigenvalue weighted by Gasteiger charge is -2.29. The monoisotopic (exact) mass is 828 g/mol. The van der Waals surface area contributed by atoms with Gasteiger partial charge in [0.1, 0.15) is 11.6 Å². The molecule has 3 amide bonds. The van der Waals surface area contributed by atoms with Crippen molar-refractivity contribution in [3.8, 4) is 5.75 Å². The van der Waals surface area contributed by atoms with Crippen molar-refractivity contribution in [3.05, 3.63) is 83.5 Å². The molecule has 60 heavy (non-hydrogen) atoms. The van der Waals surface area contributed by atoms with Crippen LogP contribution >= 0.6 is 0 Å². The highest BCUT2D eigenvalue weighted by atomic mass is 19.1. The number of aromatic amines is 1. The number of fused-ring (bicyclic) bond motifs is 3. The van der Waals surface area contributed by atoms with Gasteiger partial charge in [-0.3, -0.25) is 19.3 Å². The molecule has 3 aromatic rings. The minimum atomic E-state index is -0.610. The molecule has 11 heteroatoms. The third-order valence-corrected chi connectivity index (χ3v) is 11.6. The highest BCUT2D eigenvalue weighted by Gasteiger charge is 2.37. The molecule has 5 rings (SSSR count). The maximum atomic E-state index is 14.4. The van der Waals surface area contributed by atoms with E-state index in [2.05, 4.69) is 39.6 Å². The van der Waals surface area contributed by atoms with Crippen molar-refractivity contribution in [3.63, 3.8) is 0 Å². The summed E-state index contributed by atoms with van der Waals surface area (Å²) < 4.78 is 25.8. The molecule has 1 fully saturated rings. The van der Waals surface area contributed by atoms with E-state index in [-0.39, 0.29) is 42.8 Å². The molecule has 0 radical (unpaired) electrons. The van der Waals surface area contributed by atoms with Crippen LogP contribution in [0.1, 0.15) is 139 Å². The van der Waals surface area contributed by atoms with Crippen molar-refractivity contribution in [2.75, 3.05) is 59.1 Å². The summed E-state index contributed by atoms with van der Waals surface area (Å²) in [6.07, 6.45) is 23.3. The van der Waals surface area contributed by atoms with E-state index in [9.17, 15) is 18.8 Å². The highest BCUT2D eigenvalue weighted by Crippen LogP contribution is 2.40. The number of nitrogens with one attached hydrogen (secondary N) is 3. The normalized spacial score (nSPS) is 15.5. The number of ether oxygens (including phenoxy) is 2. The van der Waals surface area contributed by atoms with E-state index in [1.165, 1.54) is 69.9 Å². The van der Waals surface area contributed by atoms with Gasteiger partial charge in [-0.1, -0.05) is 84.3 Å². The second-order valence-electron chi connectivity index (χ2n) is 17.0. The standard InChI is InChI=1S/C49H70FN5O5/c1-4-5-6-7-8-9-10-11-12-13-14-15-16-17-18-20-44(56)51-27-28-52-47(57)42-36-55(37-49(2,3)45-41-26-23-39(50)35-43(41)53-46(42)45)48(58)38-21-24-40(25-22-38)60-32-19-29-54-30-33-59-34-31-54/h11-12,21-26,35-36,53H,4-10,13-20,27-34,37H2,1-3H3,(H,51,56)(H,52,57)/b12-11-. The van der Waals surface area contributed by atoms with Crippen LogP contribution in [-0.2, 0) is 19.7 Å². The molecule has 2 aliphatic rings. The quantitative estimate of drug-likeness (QED) is 0.0579. The first kappa shape index (κ1) is 46.6. The molecule has 10 nitrogen and oxygen atoms in total. The Morgan fingerprint density at radius 2 is 1.52 bits per heavy atom. The summed E-state index contributed by atoms with van der Waals surface area (Å²) in [7, 11) is 0. The van der Waals surface area contributed by atoms with Crippen LogP contribution < -0.4 is 15.4 Å². The Morgan fingerprint density at radius 3 is 2.23 bits per heavy atom. The number of morpholine rings is 1. The first-order valence-corrected chi connectivity index (χ1v) is 22.7. The molecule has 3 N–H and O–H groups in total. The predicted octanol–water partition coefficient (Wildman–Crippen LogP) is 9.45. The molecule has 3 heterocycles. The first-order chi connectivity index (χ1) is 29.2. The lowest BCUT2D eigenvalue weighted by molar-refractivity contribution is -0.121. The number of carbonyl (C=O) groups is 3. The maximum Gasteiger partial charge on any atom is 0.257 e. The van der Waals surface area contributed by atoms with Crippen molar-refractivity contribution in [2.24, 2.45) is 0 Å². The minimum Gasteiger partial charge on any atom is -0.494 e. The summed E-state index contributed by atoms with van der Waals surface area (Å²) in [5, 5.41) is 6.68. The number of carbonyl (C=O) groups excluding carboxylic acids is 3. The zero-order chi connectivity index (χ0) is 42.6. The smallest absolute Gasteiger partial charge is 0.257 e. The number of rotatable bonds is 25. The van der Waals surface area contributed by atoms with Crippen LogP contribution in [0, 0.1) is 5.82 Å². The largest absolute Gasteiger partial charge is 0.494 e. The Labute approximate surface area is 357 Å². The van der Waals surface area contributed by atoms with Crippen molar-refractivity contribution in [2.45, 2.75) is 122 Å².